The normalized spacial score (nSPS) is 11.7. The second-order valence-corrected chi connectivity index (χ2v) is 6.58. The lowest BCUT2D eigenvalue weighted by atomic mass is 10.2. The van der Waals surface area contributed by atoms with Crippen molar-refractivity contribution in [2.24, 2.45) is 0 Å². The number of alkyl carbamates (subject to hydrolysis) is 1. The van der Waals surface area contributed by atoms with Crippen LogP contribution in [0.4, 0.5) is 4.79 Å². The van der Waals surface area contributed by atoms with E-state index in [-0.39, 0.29) is 0 Å². The zero-order chi connectivity index (χ0) is 15.2. The molecule has 3 nitrogen and oxygen atoms in total. The number of carbonyl (C=O) groups excluding carboxylic acids is 1. The van der Waals surface area contributed by atoms with E-state index >= 15 is 0 Å². The summed E-state index contributed by atoms with van der Waals surface area (Å²) in [6.45, 7) is 6.04. The highest BCUT2D eigenvalue weighted by Gasteiger charge is 2.15. The van der Waals surface area contributed by atoms with Gasteiger partial charge in [-0.1, -0.05) is 39.7 Å². The first kappa shape index (κ1) is 17.1. The number of carbonyl (C=O) groups is 1. The molecule has 1 amide bonds. The van der Waals surface area contributed by atoms with Crippen LogP contribution in [0, 0.1) is 0 Å². The van der Waals surface area contributed by atoms with Crippen LogP contribution >= 0.6 is 27.5 Å². The van der Waals surface area contributed by atoms with Crippen LogP contribution in [-0.4, -0.2) is 18.2 Å². The van der Waals surface area contributed by atoms with Gasteiger partial charge in [0, 0.05) is 16.0 Å². The predicted octanol–water partition coefficient (Wildman–Crippen LogP) is 5.03. The minimum Gasteiger partial charge on any atom is -0.444 e. The molecule has 0 bridgehead atoms. The van der Waals surface area contributed by atoms with Crippen molar-refractivity contribution in [1.29, 1.82) is 0 Å². The lowest BCUT2D eigenvalue weighted by molar-refractivity contribution is 0.0529. The summed E-state index contributed by atoms with van der Waals surface area (Å²) in [5.41, 5.74) is 0.542. The third-order valence-electron chi connectivity index (χ3n) is 2.23. The highest BCUT2D eigenvalue weighted by Crippen LogP contribution is 2.22. The molecule has 0 aliphatic rings. The van der Waals surface area contributed by atoms with Gasteiger partial charge in [0.2, 0.25) is 0 Å². The molecular weight excluding hydrogens is 342 g/mol. The second-order valence-electron chi connectivity index (χ2n) is 5.29. The molecule has 1 N–H and O–H groups in total. The fraction of sp³-hybridized carbons (Fsp3) is 0.400. The molecule has 1 aromatic carbocycles. The minimum atomic E-state index is -0.467. The largest absolute Gasteiger partial charge is 0.444 e. The van der Waals surface area contributed by atoms with Crippen LogP contribution in [0.25, 0.3) is 6.08 Å². The quantitative estimate of drug-likeness (QED) is 0.765. The number of ether oxygens (including phenoxy) is 1. The SMILES string of the molecule is CC(C)(C)OC(=O)NCCC=Cc1cc(Cl)ccc1Br. The molecule has 0 aromatic heterocycles. The van der Waals surface area contributed by atoms with Crippen molar-refractivity contribution in [3.05, 3.63) is 39.3 Å². The average molecular weight is 361 g/mol. The molecule has 0 radical (unpaired) electrons. The van der Waals surface area contributed by atoms with Crippen molar-refractivity contribution >= 4 is 39.7 Å². The van der Waals surface area contributed by atoms with Crippen molar-refractivity contribution in [3.8, 4) is 0 Å². The summed E-state index contributed by atoms with van der Waals surface area (Å²) < 4.78 is 6.12. The molecule has 0 fully saturated rings. The molecular formula is C15H19BrClNO2. The summed E-state index contributed by atoms with van der Waals surface area (Å²) in [5.74, 6) is 0. The third-order valence-corrected chi connectivity index (χ3v) is 3.19. The summed E-state index contributed by atoms with van der Waals surface area (Å²) in [4.78, 5) is 11.4. The van der Waals surface area contributed by atoms with E-state index in [1.54, 1.807) is 0 Å². The Kier molecular flexibility index (Phi) is 6.56. The number of nitrogens with one attached hydrogen (secondary N) is 1. The monoisotopic (exact) mass is 359 g/mol. The smallest absolute Gasteiger partial charge is 0.407 e. The van der Waals surface area contributed by atoms with Gasteiger partial charge in [0.15, 0.2) is 0 Å². The van der Waals surface area contributed by atoms with Crippen LogP contribution in [0.2, 0.25) is 5.02 Å². The molecule has 1 rings (SSSR count). The Morgan fingerprint density at radius 1 is 1.45 bits per heavy atom. The lowest BCUT2D eigenvalue weighted by Crippen LogP contribution is -2.32. The number of amides is 1. The van der Waals surface area contributed by atoms with Gasteiger partial charge >= 0.3 is 6.09 Å². The van der Waals surface area contributed by atoms with Gasteiger partial charge in [-0.25, -0.2) is 4.79 Å². The first-order chi connectivity index (χ1) is 9.28. The first-order valence-electron chi connectivity index (χ1n) is 6.36. The van der Waals surface area contributed by atoms with Crippen LogP contribution in [-0.2, 0) is 4.74 Å². The molecule has 110 valence electrons. The van der Waals surface area contributed by atoms with Gasteiger partial charge in [0.1, 0.15) is 5.60 Å². The Labute approximate surface area is 133 Å². The zero-order valence-corrected chi connectivity index (χ0v) is 14.2. The maximum Gasteiger partial charge on any atom is 0.407 e. The molecule has 0 spiro atoms. The number of rotatable bonds is 4. The van der Waals surface area contributed by atoms with Gasteiger partial charge in [-0.15, -0.1) is 0 Å². The van der Waals surface area contributed by atoms with E-state index in [9.17, 15) is 4.79 Å². The highest BCUT2D eigenvalue weighted by molar-refractivity contribution is 9.10. The molecule has 1 aromatic rings. The van der Waals surface area contributed by atoms with Gasteiger partial charge in [0.05, 0.1) is 0 Å². The zero-order valence-electron chi connectivity index (χ0n) is 11.9. The fourth-order valence-corrected chi connectivity index (χ4v) is 1.98. The van der Waals surface area contributed by atoms with E-state index in [0.717, 1.165) is 16.5 Å². The van der Waals surface area contributed by atoms with Gasteiger partial charge in [0.25, 0.3) is 0 Å². The number of halogens is 2. The Balaban J connectivity index is 2.36. The molecule has 0 saturated carbocycles. The van der Waals surface area contributed by atoms with Crippen molar-refractivity contribution in [2.45, 2.75) is 32.8 Å². The van der Waals surface area contributed by atoms with E-state index < -0.39 is 11.7 Å². The summed E-state index contributed by atoms with van der Waals surface area (Å²) in [6, 6.07) is 5.61. The topological polar surface area (TPSA) is 38.3 Å². The van der Waals surface area contributed by atoms with E-state index in [4.69, 9.17) is 16.3 Å². The molecule has 0 aliphatic carbocycles. The van der Waals surface area contributed by atoms with Crippen molar-refractivity contribution < 1.29 is 9.53 Å². The summed E-state index contributed by atoms with van der Waals surface area (Å²) in [5, 5.41) is 3.40. The van der Waals surface area contributed by atoms with Crippen LogP contribution < -0.4 is 5.32 Å². The Hall–Kier alpha value is -1.000. The van der Waals surface area contributed by atoms with Gasteiger partial charge in [-0.2, -0.15) is 0 Å². The average Bonchev–Trinajstić information content (AvgIpc) is 2.30. The predicted molar refractivity (Wildman–Crippen MR) is 87.0 cm³/mol. The van der Waals surface area contributed by atoms with Crippen LogP contribution in [0.15, 0.2) is 28.7 Å². The maximum absolute atomic E-state index is 11.4. The first-order valence-corrected chi connectivity index (χ1v) is 7.53. The molecule has 20 heavy (non-hydrogen) atoms. The van der Waals surface area contributed by atoms with Crippen LogP contribution in [0.3, 0.4) is 0 Å². The Morgan fingerprint density at radius 2 is 2.15 bits per heavy atom. The summed E-state index contributed by atoms with van der Waals surface area (Å²) in [6.07, 6.45) is 4.27. The number of hydrogen-bond donors (Lipinski definition) is 1. The Morgan fingerprint density at radius 3 is 2.80 bits per heavy atom. The van der Waals surface area contributed by atoms with Gasteiger partial charge < -0.3 is 10.1 Å². The standard InChI is InChI=1S/C15H19BrClNO2/c1-15(2,3)20-14(19)18-9-5-4-6-11-10-12(17)7-8-13(11)16/h4,6-8,10H,5,9H2,1-3H3,(H,18,19). The van der Waals surface area contributed by atoms with E-state index in [0.29, 0.717) is 11.6 Å². The van der Waals surface area contributed by atoms with Crippen molar-refractivity contribution in [2.75, 3.05) is 6.54 Å². The van der Waals surface area contributed by atoms with Gasteiger partial charge in [-0.3, -0.25) is 0 Å². The number of benzene rings is 1. The molecule has 0 aliphatic heterocycles. The Bertz CT molecular complexity index is 495. The second kappa shape index (κ2) is 7.70. The molecule has 5 heteroatoms. The minimum absolute atomic E-state index is 0.394. The van der Waals surface area contributed by atoms with Gasteiger partial charge in [-0.05, 0) is 51.0 Å². The fourth-order valence-electron chi connectivity index (χ4n) is 1.42. The molecule has 0 atom stereocenters. The number of hydrogen-bond acceptors (Lipinski definition) is 2. The summed E-state index contributed by atoms with van der Waals surface area (Å²) in [7, 11) is 0. The van der Waals surface area contributed by atoms with Crippen LogP contribution in [0.1, 0.15) is 32.8 Å². The van der Waals surface area contributed by atoms with Crippen molar-refractivity contribution in [1.82, 2.24) is 5.32 Å². The third kappa shape index (κ3) is 6.96. The molecule has 0 heterocycles. The van der Waals surface area contributed by atoms with Crippen LogP contribution in [0.5, 0.6) is 0 Å². The van der Waals surface area contributed by atoms with Crippen molar-refractivity contribution in [3.63, 3.8) is 0 Å². The molecule has 0 unspecified atom stereocenters. The van der Waals surface area contributed by atoms with E-state index in [1.807, 2.05) is 51.1 Å². The maximum atomic E-state index is 11.4. The van der Waals surface area contributed by atoms with E-state index in [1.165, 1.54) is 0 Å². The lowest BCUT2D eigenvalue weighted by Gasteiger charge is -2.19. The highest BCUT2D eigenvalue weighted by atomic mass is 79.9. The molecule has 0 saturated heterocycles. The van der Waals surface area contributed by atoms with E-state index in [2.05, 4.69) is 21.2 Å². The summed E-state index contributed by atoms with van der Waals surface area (Å²) >= 11 is 9.39.